The first-order valence-electron chi connectivity index (χ1n) is 7.39. The number of aliphatic hydroxyl groups is 1. The average Bonchev–Trinajstić information content (AvgIpc) is 2.91. The zero-order valence-electron chi connectivity index (χ0n) is 11.8. The van der Waals surface area contributed by atoms with Crippen molar-refractivity contribution in [2.75, 3.05) is 24.6 Å². The number of rotatable bonds is 7. The Morgan fingerprint density at radius 1 is 1.53 bits per heavy atom. The number of hydrogen-bond acceptors (Lipinski definition) is 4. The molecule has 0 saturated carbocycles. The molecule has 1 aromatic heterocycles. The smallest absolute Gasteiger partial charge is 0.133 e. The van der Waals surface area contributed by atoms with Gasteiger partial charge in [-0.05, 0) is 38.3 Å². The van der Waals surface area contributed by atoms with E-state index in [1.807, 2.05) is 12.3 Å². The van der Waals surface area contributed by atoms with Crippen molar-refractivity contribution in [3.8, 4) is 0 Å². The Morgan fingerprint density at radius 2 is 2.42 bits per heavy atom. The predicted octanol–water partition coefficient (Wildman–Crippen LogP) is 1.93. The molecule has 0 bridgehead atoms. The molecule has 2 rings (SSSR count). The Hall–Kier alpha value is -1.13. The van der Waals surface area contributed by atoms with E-state index in [1.165, 1.54) is 18.4 Å². The molecule has 106 valence electrons. The van der Waals surface area contributed by atoms with Gasteiger partial charge in [0.1, 0.15) is 5.82 Å². The number of pyridine rings is 1. The van der Waals surface area contributed by atoms with E-state index in [0.29, 0.717) is 6.04 Å². The summed E-state index contributed by atoms with van der Waals surface area (Å²) in [6, 6.07) is 4.71. The Kier molecular flexibility index (Phi) is 5.61. The summed E-state index contributed by atoms with van der Waals surface area (Å²) in [5.74, 6) is 1.13. The van der Waals surface area contributed by atoms with Gasteiger partial charge in [-0.15, -0.1) is 0 Å². The van der Waals surface area contributed by atoms with Crippen molar-refractivity contribution in [2.24, 2.45) is 0 Å². The summed E-state index contributed by atoms with van der Waals surface area (Å²) in [6.45, 7) is 5.35. The standard InChI is InChI=1S/C15H25N3O/c1-2-16-12-13-6-3-9-17-15(13)18-10-4-7-14(18)8-5-11-19/h3,6,9,14,16,19H,2,4-5,7-8,10-12H2,1H3. The lowest BCUT2D eigenvalue weighted by molar-refractivity contribution is 0.279. The molecule has 1 aliphatic rings. The molecule has 0 spiro atoms. The lowest BCUT2D eigenvalue weighted by atomic mass is 10.1. The van der Waals surface area contributed by atoms with Gasteiger partial charge in [0.2, 0.25) is 0 Å². The van der Waals surface area contributed by atoms with E-state index in [1.54, 1.807) is 0 Å². The fourth-order valence-corrected chi connectivity index (χ4v) is 2.83. The first-order valence-corrected chi connectivity index (χ1v) is 7.39. The minimum atomic E-state index is 0.288. The van der Waals surface area contributed by atoms with Gasteiger partial charge in [-0.25, -0.2) is 4.98 Å². The third kappa shape index (κ3) is 3.67. The molecule has 1 aliphatic heterocycles. The van der Waals surface area contributed by atoms with Crippen molar-refractivity contribution in [3.63, 3.8) is 0 Å². The van der Waals surface area contributed by atoms with Crippen LogP contribution in [0.25, 0.3) is 0 Å². The summed E-state index contributed by atoms with van der Waals surface area (Å²) >= 11 is 0. The summed E-state index contributed by atoms with van der Waals surface area (Å²) < 4.78 is 0. The monoisotopic (exact) mass is 263 g/mol. The third-order valence-corrected chi connectivity index (χ3v) is 3.78. The van der Waals surface area contributed by atoms with Gasteiger partial charge < -0.3 is 15.3 Å². The molecule has 0 amide bonds. The number of aromatic nitrogens is 1. The summed E-state index contributed by atoms with van der Waals surface area (Å²) in [6.07, 6.45) is 6.28. The molecule has 1 fully saturated rings. The van der Waals surface area contributed by atoms with Crippen molar-refractivity contribution in [3.05, 3.63) is 23.9 Å². The van der Waals surface area contributed by atoms with Gasteiger partial charge in [0, 0.05) is 37.5 Å². The third-order valence-electron chi connectivity index (χ3n) is 3.78. The van der Waals surface area contributed by atoms with Crippen LogP contribution in [0.5, 0.6) is 0 Å². The molecule has 2 heterocycles. The second-order valence-corrected chi connectivity index (χ2v) is 5.12. The Labute approximate surface area is 115 Å². The van der Waals surface area contributed by atoms with Crippen LogP contribution < -0.4 is 10.2 Å². The normalized spacial score (nSPS) is 19.1. The molecule has 2 N–H and O–H groups in total. The maximum atomic E-state index is 9.01. The van der Waals surface area contributed by atoms with Gasteiger partial charge in [-0.3, -0.25) is 0 Å². The lowest BCUT2D eigenvalue weighted by Gasteiger charge is -2.27. The Bertz CT molecular complexity index is 383. The van der Waals surface area contributed by atoms with Crippen LogP contribution in [0.3, 0.4) is 0 Å². The molecule has 0 radical (unpaired) electrons. The van der Waals surface area contributed by atoms with Crippen LogP contribution in [0.1, 0.15) is 38.2 Å². The molecule has 0 aromatic carbocycles. The Morgan fingerprint density at radius 3 is 3.21 bits per heavy atom. The minimum absolute atomic E-state index is 0.288. The molecular weight excluding hydrogens is 238 g/mol. The second kappa shape index (κ2) is 7.46. The number of nitrogens with one attached hydrogen (secondary N) is 1. The predicted molar refractivity (Wildman–Crippen MR) is 78.3 cm³/mol. The SMILES string of the molecule is CCNCc1cccnc1N1CCCC1CCCO. The van der Waals surface area contributed by atoms with Crippen LogP contribution in [-0.2, 0) is 6.54 Å². The Balaban J connectivity index is 2.10. The van der Waals surface area contributed by atoms with Crippen LogP contribution in [0.2, 0.25) is 0 Å². The zero-order valence-corrected chi connectivity index (χ0v) is 11.8. The first-order chi connectivity index (χ1) is 9.36. The van der Waals surface area contributed by atoms with E-state index in [9.17, 15) is 0 Å². The fourth-order valence-electron chi connectivity index (χ4n) is 2.83. The van der Waals surface area contributed by atoms with Crippen LogP contribution in [0, 0.1) is 0 Å². The van der Waals surface area contributed by atoms with Crippen molar-refractivity contribution in [1.82, 2.24) is 10.3 Å². The van der Waals surface area contributed by atoms with Gasteiger partial charge in [0.25, 0.3) is 0 Å². The highest BCUT2D eigenvalue weighted by Gasteiger charge is 2.26. The summed E-state index contributed by atoms with van der Waals surface area (Å²) in [5.41, 5.74) is 1.28. The number of nitrogens with zero attached hydrogens (tertiary/aromatic N) is 2. The molecule has 1 aromatic rings. The highest BCUT2D eigenvalue weighted by Crippen LogP contribution is 2.28. The molecule has 1 saturated heterocycles. The number of hydrogen-bond donors (Lipinski definition) is 2. The van der Waals surface area contributed by atoms with E-state index in [-0.39, 0.29) is 6.61 Å². The van der Waals surface area contributed by atoms with E-state index in [0.717, 1.165) is 38.3 Å². The first kappa shape index (κ1) is 14.3. The number of anilines is 1. The van der Waals surface area contributed by atoms with E-state index in [4.69, 9.17) is 5.11 Å². The largest absolute Gasteiger partial charge is 0.396 e. The van der Waals surface area contributed by atoms with Crippen molar-refractivity contribution < 1.29 is 5.11 Å². The maximum absolute atomic E-state index is 9.01. The van der Waals surface area contributed by atoms with E-state index >= 15 is 0 Å². The molecule has 1 unspecified atom stereocenters. The highest BCUT2D eigenvalue weighted by atomic mass is 16.2. The van der Waals surface area contributed by atoms with Gasteiger partial charge in [-0.2, -0.15) is 0 Å². The summed E-state index contributed by atoms with van der Waals surface area (Å²) in [7, 11) is 0. The van der Waals surface area contributed by atoms with Gasteiger partial charge in [0.05, 0.1) is 0 Å². The van der Waals surface area contributed by atoms with Gasteiger partial charge >= 0.3 is 0 Å². The maximum Gasteiger partial charge on any atom is 0.133 e. The zero-order chi connectivity index (χ0) is 13.5. The molecule has 19 heavy (non-hydrogen) atoms. The fraction of sp³-hybridized carbons (Fsp3) is 0.667. The minimum Gasteiger partial charge on any atom is -0.396 e. The van der Waals surface area contributed by atoms with Crippen LogP contribution >= 0.6 is 0 Å². The highest BCUT2D eigenvalue weighted by molar-refractivity contribution is 5.48. The molecule has 4 heteroatoms. The van der Waals surface area contributed by atoms with Gasteiger partial charge in [0.15, 0.2) is 0 Å². The van der Waals surface area contributed by atoms with Crippen LogP contribution in [0.15, 0.2) is 18.3 Å². The number of aliphatic hydroxyl groups excluding tert-OH is 1. The molecular formula is C15H25N3O. The lowest BCUT2D eigenvalue weighted by Crippen LogP contribution is -2.31. The van der Waals surface area contributed by atoms with E-state index < -0.39 is 0 Å². The van der Waals surface area contributed by atoms with Crippen molar-refractivity contribution in [2.45, 2.75) is 45.2 Å². The second-order valence-electron chi connectivity index (χ2n) is 5.12. The van der Waals surface area contributed by atoms with E-state index in [2.05, 4.69) is 28.2 Å². The quantitative estimate of drug-likeness (QED) is 0.789. The summed E-state index contributed by atoms with van der Waals surface area (Å²) in [4.78, 5) is 7.03. The van der Waals surface area contributed by atoms with Gasteiger partial charge in [-0.1, -0.05) is 13.0 Å². The molecule has 1 atom stereocenters. The van der Waals surface area contributed by atoms with Crippen molar-refractivity contribution in [1.29, 1.82) is 0 Å². The molecule has 4 nitrogen and oxygen atoms in total. The summed E-state index contributed by atoms with van der Waals surface area (Å²) in [5, 5.41) is 12.4. The van der Waals surface area contributed by atoms with Crippen molar-refractivity contribution >= 4 is 5.82 Å². The van der Waals surface area contributed by atoms with Crippen LogP contribution in [-0.4, -0.2) is 35.8 Å². The average molecular weight is 263 g/mol. The topological polar surface area (TPSA) is 48.4 Å². The molecule has 0 aliphatic carbocycles. The van der Waals surface area contributed by atoms with Crippen LogP contribution in [0.4, 0.5) is 5.82 Å².